The molecule has 2 fully saturated rings. The zero-order valence-corrected chi connectivity index (χ0v) is 12.2. The number of rotatable bonds is 2. The second kappa shape index (κ2) is 5.07. The molecule has 116 valence electrons. The van der Waals surface area contributed by atoms with E-state index in [1.165, 1.54) is 5.56 Å². The van der Waals surface area contributed by atoms with Crippen LogP contribution in [-0.4, -0.2) is 28.9 Å². The Bertz CT molecular complexity index is 708. The summed E-state index contributed by atoms with van der Waals surface area (Å²) in [4.78, 5) is 13.7. The average molecular weight is 302 g/mol. The highest BCUT2D eigenvalue weighted by molar-refractivity contribution is 5.85. The van der Waals surface area contributed by atoms with Crippen molar-refractivity contribution >= 4 is 16.6 Å². The third-order valence-corrected chi connectivity index (χ3v) is 4.91. The number of hydrogen-bond acceptors (Lipinski definition) is 4. The molecule has 6 heteroatoms. The van der Waals surface area contributed by atoms with Crippen LogP contribution in [0.5, 0.6) is 0 Å². The van der Waals surface area contributed by atoms with E-state index < -0.39 is 0 Å². The van der Waals surface area contributed by atoms with Crippen LogP contribution in [0.15, 0.2) is 24.4 Å². The summed E-state index contributed by atoms with van der Waals surface area (Å²) in [7, 11) is 0. The maximum absolute atomic E-state index is 10.9. The van der Waals surface area contributed by atoms with Gasteiger partial charge in [0.2, 0.25) is 0 Å². The number of aromatic amines is 1. The Kier molecular flexibility index (Phi) is 3.16. The third kappa shape index (κ3) is 2.19. The van der Waals surface area contributed by atoms with Crippen LogP contribution >= 0.6 is 0 Å². The number of aromatic nitrogens is 1. The Morgan fingerprint density at radius 2 is 1.95 bits per heavy atom. The lowest BCUT2D eigenvalue weighted by Gasteiger charge is -2.35. The molecule has 1 saturated carbocycles. The first-order valence-electron chi connectivity index (χ1n) is 7.70. The predicted molar refractivity (Wildman–Crippen MR) is 80.8 cm³/mol. The van der Waals surface area contributed by atoms with E-state index in [1.54, 1.807) is 12.1 Å². The van der Waals surface area contributed by atoms with Gasteiger partial charge in [-0.2, -0.15) is 0 Å². The molecule has 0 unspecified atom stereocenters. The van der Waals surface area contributed by atoms with E-state index in [0.717, 1.165) is 36.6 Å². The van der Waals surface area contributed by atoms with Crippen LogP contribution in [0.2, 0.25) is 0 Å². The van der Waals surface area contributed by atoms with E-state index >= 15 is 0 Å². The van der Waals surface area contributed by atoms with Crippen molar-refractivity contribution in [3.63, 3.8) is 0 Å². The first-order chi connectivity index (χ1) is 10.7. The molecule has 0 bridgehead atoms. The minimum atomic E-state index is -0.362. The predicted octanol–water partition coefficient (Wildman–Crippen LogP) is 3.48. The number of fused-ring (bicyclic) bond motifs is 1. The number of H-pyrrole nitrogens is 1. The molecule has 2 heterocycles. The Morgan fingerprint density at radius 3 is 2.64 bits per heavy atom. The number of nitro benzene ring substituents is 1. The monoisotopic (exact) mass is 302 g/mol. The first-order valence-corrected chi connectivity index (χ1v) is 7.70. The highest BCUT2D eigenvalue weighted by Crippen LogP contribution is 2.44. The van der Waals surface area contributed by atoms with Crippen LogP contribution in [0.1, 0.15) is 37.2 Å². The van der Waals surface area contributed by atoms with Crippen molar-refractivity contribution in [1.82, 2.24) is 4.98 Å². The fraction of sp³-hybridized carbons (Fsp3) is 0.500. The number of non-ortho nitro benzene ring substituents is 1. The van der Waals surface area contributed by atoms with Crippen molar-refractivity contribution in [2.24, 2.45) is 0 Å². The van der Waals surface area contributed by atoms with Crippen molar-refractivity contribution in [1.29, 1.82) is 0 Å². The normalized spacial score (nSPS) is 21.6. The molecular formula is C16H18N2O4. The van der Waals surface area contributed by atoms with E-state index in [9.17, 15) is 10.1 Å². The van der Waals surface area contributed by atoms with Crippen molar-refractivity contribution in [3.05, 3.63) is 40.1 Å². The largest absolute Gasteiger partial charge is 0.361 e. The van der Waals surface area contributed by atoms with Crippen LogP contribution in [0.4, 0.5) is 5.69 Å². The van der Waals surface area contributed by atoms with Gasteiger partial charge in [-0.1, -0.05) is 0 Å². The van der Waals surface area contributed by atoms with Gasteiger partial charge in [0, 0.05) is 36.6 Å². The lowest BCUT2D eigenvalue weighted by Crippen LogP contribution is -2.34. The van der Waals surface area contributed by atoms with Crippen molar-refractivity contribution in [2.45, 2.75) is 37.4 Å². The molecule has 1 aromatic carbocycles. The lowest BCUT2D eigenvalue weighted by molar-refractivity contribution is -0.384. The first kappa shape index (κ1) is 13.7. The molecule has 1 saturated heterocycles. The second-order valence-corrected chi connectivity index (χ2v) is 6.11. The minimum absolute atomic E-state index is 0.122. The van der Waals surface area contributed by atoms with Gasteiger partial charge in [-0.3, -0.25) is 10.1 Å². The summed E-state index contributed by atoms with van der Waals surface area (Å²) in [5.41, 5.74) is 2.20. The SMILES string of the molecule is O=[N+]([O-])c1ccc2c(C3CCC4(CC3)OCCO4)c[nH]c2c1. The van der Waals surface area contributed by atoms with E-state index in [4.69, 9.17) is 9.47 Å². The van der Waals surface area contributed by atoms with Gasteiger partial charge in [0.05, 0.1) is 23.7 Å². The topological polar surface area (TPSA) is 77.4 Å². The molecule has 1 N–H and O–H groups in total. The van der Waals surface area contributed by atoms with Crippen LogP contribution in [0, 0.1) is 10.1 Å². The summed E-state index contributed by atoms with van der Waals surface area (Å²) >= 11 is 0. The Morgan fingerprint density at radius 1 is 1.23 bits per heavy atom. The van der Waals surface area contributed by atoms with Gasteiger partial charge in [-0.05, 0) is 30.4 Å². The summed E-state index contributed by atoms with van der Waals surface area (Å²) < 4.78 is 11.5. The summed E-state index contributed by atoms with van der Waals surface area (Å²) in [6.07, 6.45) is 5.86. The zero-order chi connectivity index (χ0) is 15.2. The van der Waals surface area contributed by atoms with E-state index in [2.05, 4.69) is 4.98 Å². The van der Waals surface area contributed by atoms with Crippen molar-refractivity contribution < 1.29 is 14.4 Å². The van der Waals surface area contributed by atoms with Crippen LogP contribution in [0.3, 0.4) is 0 Å². The number of benzene rings is 1. The molecule has 22 heavy (non-hydrogen) atoms. The summed E-state index contributed by atoms with van der Waals surface area (Å²) in [5.74, 6) is 0.107. The maximum Gasteiger partial charge on any atom is 0.271 e. The van der Waals surface area contributed by atoms with Gasteiger partial charge < -0.3 is 14.5 Å². The number of nitro groups is 1. The number of ether oxygens (including phenoxy) is 2. The van der Waals surface area contributed by atoms with Gasteiger partial charge in [0.25, 0.3) is 5.69 Å². The molecule has 4 rings (SSSR count). The summed E-state index contributed by atoms with van der Waals surface area (Å²) in [6.45, 7) is 1.39. The fourth-order valence-corrected chi connectivity index (χ4v) is 3.74. The molecule has 1 spiro atoms. The van der Waals surface area contributed by atoms with Crippen molar-refractivity contribution in [3.8, 4) is 0 Å². The molecule has 1 aliphatic heterocycles. The molecule has 2 aromatic rings. The molecule has 0 amide bonds. The number of nitrogens with one attached hydrogen (secondary N) is 1. The summed E-state index contributed by atoms with van der Waals surface area (Å²) in [5, 5.41) is 11.9. The fourth-order valence-electron chi connectivity index (χ4n) is 3.74. The molecule has 1 aromatic heterocycles. The second-order valence-electron chi connectivity index (χ2n) is 6.11. The van der Waals surface area contributed by atoms with Gasteiger partial charge in [-0.25, -0.2) is 0 Å². The quantitative estimate of drug-likeness (QED) is 0.680. The van der Waals surface area contributed by atoms with E-state index in [0.29, 0.717) is 19.1 Å². The molecule has 0 radical (unpaired) electrons. The summed E-state index contributed by atoms with van der Waals surface area (Å²) in [6, 6.07) is 5.03. The Labute approximate surface area is 127 Å². The number of nitrogens with zero attached hydrogens (tertiary/aromatic N) is 1. The molecule has 6 nitrogen and oxygen atoms in total. The smallest absolute Gasteiger partial charge is 0.271 e. The van der Waals surface area contributed by atoms with Crippen molar-refractivity contribution in [2.75, 3.05) is 13.2 Å². The molecular weight excluding hydrogens is 284 g/mol. The van der Waals surface area contributed by atoms with Gasteiger partial charge in [-0.15, -0.1) is 0 Å². The number of hydrogen-bond donors (Lipinski definition) is 1. The third-order valence-electron chi connectivity index (χ3n) is 4.91. The highest BCUT2D eigenvalue weighted by atomic mass is 16.7. The van der Waals surface area contributed by atoms with Gasteiger partial charge in [0.15, 0.2) is 5.79 Å². The van der Waals surface area contributed by atoms with Gasteiger partial charge in [0.1, 0.15) is 0 Å². The Balaban J connectivity index is 1.58. The lowest BCUT2D eigenvalue weighted by atomic mass is 9.81. The standard InChI is InChI=1S/C16H18N2O4/c19-18(20)12-1-2-13-14(10-17-15(13)9-12)11-3-5-16(6-4-11)21-7-8-22-16/h1-2,9-11,17H,3-8H2. The average Bonchev–Trinajstić information content (AvgIpc) is 3.15. The highest BCUT2D eigenvalue weighted by Gasteiger charge is 2.40. The van der Waals surface area contributed by atoms with E-state index in [1.807, 2.05) is 12.3 Å². The molecule has 1 aliphatic carbocycles. The van der Waals surface area contributed by atoms with Gasteiger partial charge >= 0.3 is 0 Å². The van der Waals surface area contributed by atoms with E-state index in [-0.39, 0.29) is 16.4 Å². The Hall–Kier alpha value is -1.92. The van der Waals surface area contributed by atoms with Crippen LogP contribution < -0.4 is 0 Å². The minimum Gasteiger partial charge on any atom is -0.361 e. The zero-order valence-electron chi connectivity index (χ0n) is 12.2. The van der Waals surface area contributed by atoms with Crippen LogP contribution in [-0.2, 0) is 9.47 Å². The molecule has 2 aliphatic rings. The van der Waals surface area contributed by atoms with Crippen LogP contribution in [0.25, 0.3) is 10.9 Å². The molecule has 0 atom stereocenters. The maximum atomic E-state index is 10.9.